The van der Waals surface area contributed by atoms with E-state index in [0.29, 0.717) is 29.1 Å². The van der Waals surface area contributed by atoms with E-state index in [-0.39, 0.29) is 0 Å². The van der Waals surface area contributed by atoms with Gasteiger partial charge in [-0.2, -0.15) is 9.52 Å². The lowest BCUT2D eigenvalue weighted by molar-refractivity contribution is 0.322. The number of furan rings is 1. The fourth-order valence-electron chi connectivity index (χ4n) is 2.64. The van der Waals surface area contributed by atoms with Gasteiger partial charge in [0, 0.05) is 12.1 Å². The van der Waals surface area contributed by atoms with Crippen molar-refractivity contribution in [1.82, 2.24) is 4.41 Å². The van der Waals surface area contributed by atoms with Crippen LogP contribution >= 0.6 is 0 Å². The summed E-state index contributed by atoms with van der Waals surface area (Å²) < 4.78 is 55.6. The van der Waals surface area contributed by atoms with Crippen molar-refractivity contribution in [2.45, 2.75) is 12.5 Å². The molecule has 1 aromatic carbocycles. The Balaban J connectivity index is 1.96. The Kier molecular flexibility index (Phi) is 4.33. The van der Waals surface area contributed by atoms with Crippen LogP contribution < -0.4 is 4.72 Å². The van der Waals surface area contributed by atoms with Crippen molar-refractivity contribution in [2.24, 2.45) is 5.10 Å². The lowest BCUT2D eigenvalue weighted by Gasteiger charge is -2.18. The summed E-state index contributed by atoms with van der Waals surface area (Å²) in [6.07, 6.45) is 3.94. The number of hydrazone groups is 1. The molecule has 1 aliphatic rings. The van der Waals surface area contributed by atoms with Gasteiger partial charge in [-0.3, -0.25) is 4.72 Å². The van der Waals surface area contributed by atoms with E-state index in [1.807, 2.05) is 0 Å². The summed E-state index contributed by atoms with van der Waals surface area (Å²) in [6.45, 7) is 0. The van der Waals surface area contributed by atoms with Gasteiger partial charge in [0.05, 0.1) is 24.5 Å². The summed E-state index contributed by atoms with van der Waals surface area (Å²) >= 11 is 0. The van der Waals surface area contributed by atoms with Crippen LogP contribution in [0.2, 0.25) is 0 Å². The highest BCUT2D eigenvalue weighted by Crippen LogP contribution is 2.35. The Morgan fingerprint density at radius 3 is 2.52 bits per heavy atom. The zero-order valence-electron chi connectivity index (χ0n) is 13.6. The van der Waals surface area contributed by atoms with E-state index < -0.39 is 26.1 Å². The minimum Gasteiger partial charge on any atom is -0.467 e. The van der Waals surface area contributed by atoms with E-state index in [1.54, 1.807) is 36.4 Å². The molecule has 1 aliphatic heterocycles. The maximum absolute atomic E-state index is 12.1. The molecule has 0 radical (unpaired) electrons. The quantitative estimate of drug-likeness (QED) is 0.846. The molecular formula is C15H17N3O5S2. The Labute approximate surface area is 146 Å². The molecule has 0 saturated heterocycles. The first-order valence-corrected chi connectivity index (χ1v) is 11.1. The van der Waals surface area contributed by atoms with E-state index in [4.69, 9.17) is 4.42 Å². The first-order chi connectivity index (χ1) is 11.6. The van der Waals surface area contributed by atoms with Crippen molar-refractivity contribution in [3.8, 4) is 0 Å². The molecule has 0 aliphatic carbocycles. The fraction of sp³-hybridized carbons (Fsp3) is 0.267. The summed E-state index contributed by atoms with van der Waals surface area (Å²) in [7, 11) is -6.99. The fourth-order valence-corrected chi connectivity index (χ4v) is 4.08. The highest BCUT2D eigenvalue weighted by atomic mass is 32.2. The van der Waals surface area contributed by atoms with Crippen molar-refractivity contribution >= 4 is 31.4 Å². The zero-order valence-corrected chi connectivity index (χ0v) is 15.2. The average Bonchev–Trinajstić information content (AvgIpc) is 3.14. The van der Waals surface area contributed by atoms with Crippen LogP contribution in [-0.4, -0.2) is 39.5 Å². The standard InChI is InChI=1S/C15H17N3O5S2/c1-24(19,20)17-12-6-3-5-11(9-12)13-10-14(15-7-4-8-23-15)18(16-13)25(2,21)22/h3-9,14,17H,10H2,1-2H3. The van der Waals surface area contributed by atoms with Crippen LogP contribution in [0, 0.1) is 0 Å². The second kappa shape index (κ2) is 6.19. The van der Waals surface area contributed by atoms with Crippen LogP contribution in [0.25, 0.3) is 0 Å². The highest BCUT2D eigenvalue weighted by Gasteiger charge is 2.36. The minimum absolute atomic E-state index is 0.322. The number of sulfonamides is 2. The van der Waals surface area contributed by atoms with Gasteiger partial charge in [0.25, 0.3) is 0 Å². The maximum Gasteiger partial charge on any atom is 0.247 e. The normalized spacial score (nSPS) is 18.2. The van der Waals surface area contributed by atoms with Gasteiger partial charge < -0.3 is 4.42 Å². The SMILES string of the molecule is CS(=O)(=O)Nc1cccc(C2=NN(S(C)(=O)=O)C(c3ccco3)C2)c1. The smallest absolute Gasteiger partial charge is 0.247 e. The molecule has 0 fully saturated rings. The van der Waals surface area contributed by atoms with Gasteiger partial charge in [-0.15, -0.1) is 0 Å². The van der Waals surface area contributed by atoms with Crippen LogP contribution in [0.4, 0.5) is 5.69 Å². The van der Waals surface area contributed by atoms with Gasteiger partial charge in [-0.1, -0.05) is 12.1 Å². The van der Waals surface area contributed by atoms with Crippen LogP contribution in [0.3, 0.4) is 0 Å². The second-order valence-corrected chi connectivity index (χ2v) is 9.36. The molecule has 134 valence electrons. The Bertz CT molecular complexity index is 1010. The Morgan fingerprint density at radius 1 is 1.16 bits per heavy atom. The van der Waals surface area contributed by atoms with Crippen molar-refractivity contribution in [3.05, 3.63) is 54.0 Å². The topological polar surface area (TPSA) is 109 Å². The first-order valence-electron chi connectivity index (χ1n) is 7.32. The number of anilines is 1. The van der Waals surface area contributed by atoms with Crippen LogP contribution in [0.15, 0.2) is 52.2 Å². The molecule has 1 atom stereocenters. The molecule has 2 aromatic rings. The third-order valence-corrected chi connectivity index (χ3v) is 5.21. The summed E-state index contributed by atoms with van der Waals surface area (Å²) in [5.74, 6) is 0.495. The van der Waals surface area contributed by atoms with Gasteiger partial charge in [0.15, 0.2) is 0 Å². The molecule has 1 aromatic heterocycles. The number of nitrogens with one attached hydrogen (secondary N) is 1. The minimum atomic E-state index is -3.58. The molecule has 0 saturated carbocycles. The molecule has 25 heavy (non-hydrogen) atoms. The van der Waals surface area contributed by atoms with E-state index >= 15 is 0 Å². The predicted octanol–water partition coefficient (Wildman–Crippen LogP) is 1.76. The van der Waals surface area contributed by atoms with Crippen molar-refractivity contribution in [3.63, 3.8) is 0 Å². The largest absolute Gasteiger partial charge is 0.467 e. The number of rotatable bonds is 5. The number of hydrogen-bond acceptors (Lipinski definition) is 6. The summed E-state index contributed by atoms with van der Waals surface area (Å²) in [5.41, 5.74) is 1.55. The van der Waals surface area contributed by atoms with Gasteiger partial charge in [-0.05, 0) is 29.8 Å². The van der Waals surface area contributed by atoms with Gasteiger partial charge >= 0.3 is 0 Å². The van der Waals surface area contributed by atoms with Crippen LogP contribution in [-0.2, 0) is 20.0 Å². The molecule has 2 heterocycles. The number of benzene rings is 1. The van der Waals surface area contributed by atoms with Gasteiger partial charge in [0.1, 0.15) is 11.8 Å². The molecule has 3 rings (SSSR count). The third kappa shape index (κ3) is 4.02. The van der Waals surface area contributed by atoms with E-state index in [2.05, 4.69) is 9.82 Å². The summed E-state index contributed by atoms with van der Waals surface area (Å²) in [4.78, 5) is 0. The van der Waals surface area contributed by atoms with E-state index in [0.717, 1.165) is 16.9 Å². The lowest BCUT2D eigenvalue weighted by Crippen LogP contribution is -2.25. The second-order valence-electron chi connectivity index (χ2n) is 5.77. The highest BCUT2D eigenvalue weighted by molar-refractivity contribution is 7.92. The first kappa shape index (κ1) is 17.5. The average molecular weight is 383 g/mol. The van der Waals surface area contributed by atoms with E-state index in [1.165, 1.54) is 6.26 Å². The van der Waals surface area contributed by atoms with Crippen molar-refractivity contribution < 1.29 is 21.3 Å². The zero-order chi connectivity index (χ0) is 18.2. The molecule has 1 N–H and O–H groups in total. The molecular weight excluding hydrogens is 366 g/mol. The Hall–Kier alpha value is -2.33. The predicted molar refractivity (Wildman–Crippen MR) is 94.2 cm³/mol. The molecule has 0 bridgehead atoms. The van der Waals surface area contributed by atoms with Crippen molar-refractivity contribution in [1.29, 1.82) is 0 Å². The summed E-state index contributed by atoms with van der Waals surface area (Å²) in [6, 6.07) is 9.47. The maximum atomic E-state index is 12.1. The monoisotopic (exact) mass is 383 g/mol. The molecule has 10 heteroatoms. The van der Waals surface area contributed by atoms with Gasteiger partial charge in [0.2, 0.25) is 20.0 Å². The number of hydrogen-bond donors (Lipinski definition) is 1. The lowest BCUT2D eigenvalue weighted by atomic mass is 10.0. The molecule has 0 spiro atoms. The van der Waals surface area contributed by atoms with Crippen molar-refractivity contribution in [2.75, 3.05) is 17.2 Å². The van der Waals surface area contributed by atoms with Crippen LogP contribution in [0.5, 0.6) is 0 Å². The number of nitrogens with zero attached hydrogens (tertiary/aromatic N) is 2. The Morgan fingerprint density at radius 2 is 1.92 bits per heavy atom. The molecule has 0 amide bonds. The van der Waals surface area contributed by atoms with Crippen LogP contribution in [0.1, 0.15) is 23.8 Å². The van der Waals surface area contributed by atoms with Gasteiger partial charge in [-0.25, -0.2) is 16.8 Å². The molecule has 1 unspecified atom stereocenters. The summed E-state index contributed by atoms with van der Waals surface area (Å²) in [5, 5.41) is 4.23. The van der Waals surface area contributed by atoms with E-state index in [9.17, 15) is 16.8 Å². The third-order valence-electron chi connectivity index (χ3n) is 3.58. The molecule has 8 nitrogen and oxygen atoms in total.